The Morgan fingerprint density at radius 3 is 1.49 bits per heavy atom. The van der Waals surface area contributed by atoms with E-state index in [2.05, 4.69) is 38.2 Å². The minimum absolute atomic E-state index is 0.217. The second kappa shape index (κ2) is 38.4. The molecule has 2 unspecified atom stereocenters. The van der Waals surface area contributed by atoms with Crippen LogP contribution < -0.4 is 0 Å². The molecule has 10 heteroatoms. The van der Waals surface area contributed by atoms with Gasteiger partial charge in [-0.15, -0.1) is 0 Å². The van der Waals surface area contributed by atoms with Gasteiger partial charge in [0.05, 0.1) is 13.2 Å². The van der Waals surface area contributed by atoms with Crippen molar-refractivity contribution in [2.75, 3.05) is 19.8 Å². The largest absolute Gasteiger partial charge is 0.462 e. The van der Waals surface area contributed by atoms with Gasteiger partial charge in [0.25, 0.3) is 0 Å². The third-order valence-electron chi connectivity index (χ3n) is 10.8. The van der Waals surface area contributed by atoms with Gasteiger partial charge in [-0.2, -0.15) is 0 Å². The second-order valence-corrected chi connectivity index (χ2v) is 16.2. The van der Waals surface area contributed by atoms with Crippen molar-refractivity contribution in [2.45, 2.75) is 243 Å². The first-order valence-electron chi connectivity index (χ1n) is 23.4. The van der Waals surface area contributed by atoms with Crippen LogP contribution >= 0.6 is 0 Å². The zero-order chi connectivity index (χ0) is 41.6. The SMILES string of the molecule is CCCCC/C=C/C/C=C/CCCCCCCCCC(=O)O[C@H](COC(=O)CCCCCCCCCCCCCCCCC)CO[C@@H]1O[C@H](CO)[C@H](O)C(O)C1O. The van der Waals surface area contributed by atoms with E-state index in [4.69, 9.17) is 18.9 Å². The van der Waals surface area contributed by atoms with Gasteiger partial charge < -0.3 is 39.4 Å². The Balaban J connectivity index is 2.31. The van der Waals surface area contributed by atoms with E-state index in [9.17, 15) is 30.0 Å². The molecule has 1 aliphatic rings. The molecule has 1 rings (SSSR count). The lowest BCUT2D eigenvalue weighted by atomic mass is 9.99. The van der Waals surface area contributed by atoms with E-state index in [0.717, 1.165) is 51.4 Å². The lowest BCUT2D eigenvalue weighted by Gasteiger charge is -2.39. The molecule has 57 heavy (non-hydrogen) atoms. The van der Waals surface area contributed by atoms with Crippen LogP contribution in [0, 0.1) is 0 Å². The van der Waals surface area contributed by atoms with Gasteiger partial charge in [0, 0.05) is 12.8 Å². The molecule has 1 aliphatic heterocycles. The third kappa shape index (κ3) is 30.0. The number of aliphatic hydroxyl groups is 4. The zero-order valence-corrected chi connectivity index (χ0v) is 36.3. The Hall–Kier alpha value is -1.82. The number of hydrogen-bond acceptors (Lipinski definition) is 10. The van der Waals surface area contributed by atoms with Crippen LogP contribution in [-0.2, 0) is 28.5 Å². The summed E-state index contributed by atoms with van der Waals surface area (Å²) in [6.07, 6.45) is 34.6. The minimum atomic E-state index is -1.59. The maximum atomic E-state index is 12.8. The summed E-state index contributed by atoms with van der Waals surface area (Å²) in [5.74, 6) is -0.807. The van der Waals surface area contributed by atoms with Crippen molar-refractivity contribution in [2.24, 2.45) is 0 Å². The van der Waals surface area contributed by atoms with Crippen LogP contribution in [-0.4, -0.2) is 89.0 Å². The Kier molecular flexibility index (Phi) is 35.8. The number of ether oxygens (including phenoxy) is 4. The summed E-state index contributed by atoms with van der Waals surface area (Å²) >= 11 is 0. The lowest BCUT2D eigenvalue weighted by molar-refractivity contribution is -0.305. The average molecular weight is 811 g/mol. The van der Waals surface area contributed by atoms with Crippen LogP contribution in [0.2, 0.25) is 0 Å². The van der Waals surface area contributed by atoms with Crippen LogP contribution in [0.15, 0.2) is 24.3 Å². The average Bonchev–Trinajstić information content (AvgIpc) is 3.21. The summed E-state index contributed by atoms with van der Waals surface area (Å²) in [6.45, 7) is 3.41. The molecule has 0 spiro atoms. The van der Waals surface area contributed by atoms with E-state index in [1.54, 1.807) is 0 Å². The highest BCUT2D eigenvalue weighted by atomic mass is 16.7. The van der Waals surface area contributed by atoms with Gasteiger partial charge in [0.1, 0.15) is 31.0 Å². The number of rotatable bonds is 39. The Bertz CT molecular complexity index is 985. The predicted octanol–water partition coefficient (Wildman–Crippen LogP) is 10.1. The number of unbranched alkanes of at least 4 members (excludes halogenated alkanes) is 24. The highest BCUT2D eigenvalue weighted by molar-refractivity contribution is 5.70. The zero-order valence-electron chi connectivity index (χ0n) is 36.3. The fourth-order valence-electron chi connectivity index (χ4n) is 7.10. The molecule has 6 atom stereocenters. The summed E-state index contributed by atoms with van der Waals surface area (Å²) in [6, 6.07) is 0. The van der Waals surface area contributed by atoms with Crippen molar-refractivity contribution in [1.29, 1.82) is 0 Å². The maximum Gasteiger partial charge on any atom is 0.306 e. The predicted molar refractivity (Wildman–Crippen MR) is 229 cm³/mol. The van der Waals surface area contributed by atoms with E-state index >= 15 is 0 Å². The smallest absolute Gasteiger partial charge is 0.306 e. The molecule has 0 aliphatic carbocycles. The second-order valence-electron chi connectivity index (χ2n) is 16.2. The van der Waals surface area contributed by atoms with Crippen LogP contribution in [0.1, 0.15) is 206 Å². The number of esters is 2. The van der Waals surface area contributed by atoms with Crippen molar-refractivity contribution in [3.63, 3.8) is 0 Å². The number of aliphatic hydroxyl groups excluding tert-OH is 4. The van der Waals surface area contributed by atoms with Gasteiger partial charge in [-0.3, -0.25) is 9.59 Å². The molecule has 10 nitrogen and oxygen atoms in total. The quantitative estimate of drug-likeness (QED) is 0.0268. The number of hydrogen-bond donors (Lipinski definition) is 4. The molecule has 1 saturated heterocycles. The normalized spacial score (nSPS) is 20.4. The van der Waals surface area contributed by atoms with Crippen LogP contribution in [0.25, 0.3) is 0 Å². The summed E-state index contributed by atoms with van der Waals surface area (Å²) in [5.41, 5.74) is 0. The summed E-state index contributed by atoms with van der Waals surface area (Å²) in [7, 11) is 0. The van der Waals surface area contributed by atoms with E-state index in [1.807, 2.05) is 0 Å². The molecule has 334 valence electrons. The first-order valence-corrected chi connectivity index (χ1v) is 23.4. The highest BCUT2D eigenvalue weighted by Crippen LogP contribution is 2.23. The van der Waals surface area contributed by atoms with Crippen molar-refractivity contribution in [3.05, 3.63) is 24.3 Å². The van der Waals surface area contributed by atoms with Crippen LogP contribution in [0.3, 0.4) is 0 Å². The van der Waals surface area contributed by atoms with E-state index in [1.165, 1.54) is 122 Å². The first-order chi connectivity index (χ1) is 27.8. The summed E-state index contributed by atoms with van der Waals surface area (Å²) < 4.78 is 22.2. The Morgan fingerprint density at radius 2 is 0.982 bits per heavy atom. The van der Waals surface area contributed by atoms with Crippen molar-refractivity contribution < 1.29 is 49.0 Å². The number of carbonyl (C=O) groups excluding carboxylic acids is 2. The van der Waals surface area contributed by atoms with Gasteiger partial charge >= 0.3 is 11.9 Å². The lowest BCUT2D eigenvalue weighted by Crippen LogP contribution is -2.59. The molecule has 1 fully saturated rings. The molecule has 0 aromatic heterocycles. The topological polar surface area (TPSA) is 152 Å². The molecule has 0 bridgehead atoms. The van der Waals surface area contributed by atoms with Crippen molar-refractivity contribution >= 4 is 11.9 Å². The van der Waals surface area contributed by atoms with Crippen LogP contribution in [0.4, 0.5) is 0 Å². The van der Waals surface area contributed by atoms with Gasteiger partial charge in [-0.05, 0) is 44.9 Å². The molecule has 4 N–H and O–H groups in total. The van der Waals surface area contributed by atoms with E-state index in [-0.39, 0.29) is 32.0 Å². The summed E-state index contributed by atoms with van der Waals surface area (Å²) in [5, 5.41) is 40.1. The molecule has 1 heterocycles. The van der Waals surface area contributed by atoms with Crippen molar-refractivity contribution in [1.82, 2.24) is 0 Å². The Labute approximate surface area is 347 Å². The standard InChI is InChI=1S/C47H86O10/c1-3-5-7-9-11-13-15-17-19-20-22-24-26-28-30-32-34-36-43(50)56-40(39-55-47-46(53)45(52)44(51)41(37-48)57-47)38-54-42(49)35-33-31-29-27-25-23-21-18-16-14-12-10-8-6-4-2/h11,13,17,19,40-41,44-48,51-53H,3-10,12,14-16,18,20-39H2,1-2H3/b13-11+,19-17+/t40-,41-,44+,45?,46?,47-/m1/s1. The highest BCUT2D eigenvalue weighted by Gasteiger charge is 2.44. The number of carbonyl (C=O) groups is 2. The molecule has 0 saturated carbocycles. The van der Waals surface area contributed by atoms with Gasteiger partial charge in [0.2, 0.25) is 0 Å². The number of allylic oxidation sites excluding steroid dienone is 4. The molecule has 0 radical (unpaired) electrons. The van der Waals surface area contributed by atoms with Crippen molar-refractivity contribution in [3.8, 4) is 0 Å². The Morgan fingerprint density at radius 1 is 0.544 bits per heavy atom. The van der Waals surface area contributed by atoms with Gasteiger partial charge in [-0.25, -0.2) is 0 Å². The fraction of sp³-hybridized carbons (Fsp3) is 0.872. The molecular formula is C47H86O10. The summed E-state index contributed by atoms with van der Waals surface area (Å²) in [4.78, 5) is 25.4. The van der Waals surface area contributed by atoms with Gasteiger partial charge in [0.15, 0.2) is 12.4 Å². The van der Waals surface area contributed by atoms with Gasteiger partial charge in [-0.1, -0.05) is 173 Å². The molecule has 0 amide bonds. The molecule has 0 aromatic carbocycles. The van der Waals surface area contributed by atoms with E-state index < -0.39 is 49.4 Å². The molecule has 0 aromatic rings. The van der Waals surface area contributed by atoms with Crippen LogP contribution in [0.5, 0.6) is 0 Å². The monoisotopic (exact) mass is 811 g/mol. The van der Waals surface area contributed by atoms with E-state index in [0.29, 0.717) is 6.42 Å². The maximum absolute atomic E-state index is 12.8. The first kappa shape index (κ1) is 53.2. The minimum Gasteiger partial charge on any atom is -0.462 e. The fourth-order valence-corrected chi connectivity index (χ4v) is 7.10. The third-order valence-corrected chi connectivity index (χ3v) is 10.8. The molecular weight excluding hydrogens is 725 g/mol.